The largest absolute Gasteiger partial charge is 0.369 e. The van der Waals surface area contributed by atoms with Gasteiger partial charge in [-0.1, -0.05) is 30.3 Å². The molecule has 7 nitrogen and oxygen atoms in total. The number of urea groups is 1. The predicted molar refractivity (Wildman–Crippen MR) is 124 cm³/mol. The van der Waals surface area contributed by atoms with Crippen LogP contribution in [0.5, 0.6) is 0 Å². The Kier molecular flexibility index (Phi) is 8.86. The lowest BCUT2D eigenvalue weighted by molar-refractivity contribution is -0.130. The van der Waals surface area contributed by atoms with Crippen LogP contribution in [-0.4, -0.2) is 74.6 Å². The summed E-state index contributed by atoms with van der Waals surface area (Å²) in [6.45, 7) is 5.70. The van der Waals surface area contributed by atoms with Gasteiger partial charge in [-0.2, -0.15) is 0 Å². The van der Waals surface area contributed by atoms with E-state index in [1.807, 2.05) is 30.3 Å². The van der Waals surface area contributed by atoms with Gasteiger partial charge in [-0.05, 0) is 29.8 Å². The average molecular weight is 442 g/mol. The SMILES string of the molecule is CN(Cc1ccccc1)C(=O)CCNC(=O)NCCN1CCN(c2ccc(F)cc2)CC1. The molecule has 1 heterocycles. The first-order valence-electron chi connectivity index (χ1n) is 11.0. The van der Waals surface area contributed by atoms with E-state index in [9.17, 15) is 14.0 Å². The molecule has 0 bridgehead atoms. The van der Waals surface area contributed by atoms with Crippen LogP contribution >= 0.6 is 0 Å². The van der Waals surface area contributed by atoms with Gasteiger partial charge < -0.3 is 20.4 Å². The van der Waals surface area contributed by atoms with Crippen molar-refractivity contribution in [2.75, 3.05) is 57.8 Å². The number of hydrogen-bond acceptors (Lipinski definition) is 4. The van der Waals surface area contributed by atoms with Crippen molar-refractivity contribution in [3.63, 3.8) is 0 Å². The molecule has 32 heavy (non-hydrogen) atoms. The third-order valence-electron chi connectivity index (χ3n) is 5.59. The zero-order chi connectivity index (χ0) is 22.8. The molecule has 0 aliphatic carbocycles. The van der Waals surface area contributed by atoms with Crippen molar-refractivity contribution in [2.24, 2.45) is 0 Å². The number of rotatable bonds is 9. The normalized spacial score (nSPS) is 14.1. The fourth-order valence-corrected chi connectivity index (χ4v) is 3.69. The molecular formula is C24H32FN5O2. The van der Waals surface area contributed by atoms with Crippen LogP contribution < -0.4 is 15.5 Å². The topological polar surface area (TPSA) is 67.9 Å². The lowest BCUT2D eigenvalue weighted by Gasteiger charge is -2.36. The van der Waals surface area contributed by atoms with E-state index in [0.717, 1.165) is 44.0 Å². The van der Waals surface area contributed by atoms with E-state index in [0.29, 0.717) is 19.6 Å². The summed E-state index contributed by atoms with van der Waals surface area (Å²) >= 11 is 0. The zero-order valence-electron chi connectivity index (χ0n) is 18.6. The molecule has 0 spiro atoms. The third-order valence-corrected chi connectivity index (χ3v) is 5.59. The number of piperazine rings is 1. The number of carbonyl (C=O) groups is 2. The van der Waals surface area contributed by atoms with Crippen LogP contribution in [-0.2, 0) is 11.3 Å². The number of halogens is 1. The summed E-state index contributed by atoms with van der Waals surface area (Å²) in [6.07, 6.45) is 0.266. The number of benzene rings is 2. The molecule has 3 rings (SSSR count). The molecule has 1 aliphatic rings. The molecule has 1 fully saturated rings. The molecule has 2 aromatic rings. The Bertz CT molecular complexity index is 854. The second-order valence-corrected chi connectivity index (χ2v) is 7.97. The fourth-order valence-electron chi connectivity index (χ4n) is 3.69. The highest BCUT2D eigenvalue weighted by Gasteiger charge is 2.17. The first-order valence-corrected chi connectivity index (χ1v) is 11.0. The Morgan fingerprint density at radius 3 is 2.28 bits per heavy atom. The Balaban J connectivity index is 1.25. The van der Waals surface area contributed by atoms with Gasteiger partial charge >= 0.3 is 6.03 Å². The number of nitrogens with zero attached hydrogens (tertiary/aromatic N) is 3. The van der Waals surface area contributed by atoms with Gasteiger partial charge in [0.1, 0.15) is 5.82 Å². The van der Waals surface area contributed by atoms with E-state index in [-0.39, 0.29) is 24.2 Å². The van der Waals surface area contributed by atoms with Crippen LogP contribution in [0.25, 0.3) is 0 Å². The first-order chi connectivity index (χ1) is 15.5. The summed E-state index contributed by atoms with van der Waals surface area (Å²) < 4.78 is 13.1. The smallest absolute Gasteiger partial charge is 0.314 e. The van der Waals surface area contributed by atoms with Gasteiger partial charge in [0.25, 0.3) is 0 Å². The molecule has 1 aliphatic heterocycles. The van der Waals surface area contributed by atoms with Crippen LogP contribution in [0, 0.1) is 5.82 Å². The number of nitrogens with one attached hydrogen (secondary N) is 2. The van der Waals surface area contributed by atoms with Crippen molar-refractivity contribution in [1.29, 1.82) is 0 Å². The maximum absolute atomic E-state index is 13.1. The van der Waals surface area contributed by atoms with E-state index in [1.165, 1.54) is 12.1 Å². The maximum Gasteiger partial charge on any atom is 0.314 e. The van der Waals surface area contributed by atoms with Gasteiger partial charge in [0.2, 0.25) is 5.91 Å². The standard InChI is InChI=1S/C24H32FN5O2/c1-28(19-20-5-3-2-4-6-20)23(31)11-12-26-24(32)27-13-14-29-15-17-30(18-16-29)22-9-7-21(25)8-10-22/h2-10H,11-19H2,1H3,(H2,26,27,32). The van der Waals surface area contributed by atoms with Gasteiger partial charge in [-0.15, -0.1) is 0 Å². The summed E-state index contributed by atoms with van der Waals surface area (Å²) in [7, 11) is 1.77. The zero-order valence-corrected chi connectivity index (χ0v) is 18.6. The van der Waals surface area contributed by atoms with Gasteiger partial charge in [0.05, 0.1) is 0 Å². The van der Waals surface area contributed by atoms with Crippen molar-refractivity contribution in [1.82, 2.24) is 20.4 Å². The molecule has 3 amide bonds. The summed E-state index contributed by atoms with van der Waals surface area (Å²) in [6, 6.07) is 16.1. The van der Waals surface area contributed by atoms with Crippen molar-refractivity contribution < 1.29 is 14.0 Å². The third kappa shape index (κ3) is 7.53. The van der Waals surface area contributed by atoms with Crippen molar-refractivity contribution >= 4 is 17.6 Å². The second-order valence-electron chi connectivity index (χ2n) is 7.97. The number of anilines is 1. The molecule has 2 aromatic carbocycles. The molecular weight excluding hydrogens is 409 g/mol. The maximum atomic E-state index is 13.1. The molecule has 8 heteroatoms. The second kappa shape index (κ2) is 12.0. The lowest BCUT2D eigenvalue weighted by Crippen LogP contribution is -2.49. The molecule has 172 valence electrons. The van der Waals surface area contributed by atoms with Gasteiger partial charge in [-0.3, -0.25) is 9.69 Å². The quantitative estimate of drug-likeness (QED) is 0.627. The Hall–Kier alpha value is -3.13. The monoisotopic (exact) mass is 441 g/mol. The summed E-state index contributed by atoms with van der Waals surface area (Å²) in [5.41, 5.74) is 2.11. The lowest BCUT2D eigenvalue weighted by atomic mass is 10.2. The number of carbonyl (C=O) groups excluding carboxylic acids is 2. The fraction of sp³-hybridized carbons (Fsp3) is 0.417. The van der Waals surface area contributed by atoms with Crippen molar-refractivity contribution in [2.45, 2.75) is 13.0 Å². The highest BCUT2D eigenvalue weighted by molar-refractivity contribution is 5.78. The van der Waals surface area contributed by atoms with E-state index in [2.05, 4.69) is 20.4 Å². The van der Waals surface area contributed by atoms with Crippen LogP contribution in [0.15, 0.2) is 54.6 Å². The van der Waals surface area contributed by atoms with Gasteiger partial charge in [0.15, 0.2) is 0 Å². The summed E-state index contributed by atoms with van der Waals surface area (Å²) in [5, 5.41) is 5.60. The predicted octanol–water partition coefficient (Wildman–Crippen LogP) is 2.30. The molecule has 1 saturated heterocycles. The van der Waals surface area contributed by atoms with Crippen LogP contribution in [0.1, 0.15) is 12.0 Å². The van der Waals surface area contributed by atoms with Crippen molar-refractivity contribution in [3.8, 4) is 0 Å². The van der Waals surface area contributed by atoms with Crippen LogP contribution in [0.4, 0.5) is 14.9 Å². The molecule has 0 unspecified atom stereocenters. The summed E-state index contributed by atoms with van der Waals surface area (Å²) in [4.78, 5) is 30.4. The molecule has 2 N–H and O–H groups in total. The minimum absolute atomic E-state index is 0.00632. The van der Waals surface area contributed by atoms with Crippen LogP contribution in [0.3, 0.4) is 0 Å². The highest BCUT2D eigenvalue weighted by Crippen LogP contribution is 2.16. The summed E-state index contributed by atoms with van der Waals surface area (Å²) in [5.74, 6) is -0.228. The van der Waals surface area contributed by atoms with E-state index < -0.39 is 0 Å². The Labute approximate surface area is 189 Å². The molecule has 0 radical (unpaired) electrons. The van der Waals surface area contributed by atoms with Gasteiger partial charge in [-0.25, -0.2) is 9.18 Å². The molecule has 0 aromatic heterocycles. The minimum Gasteiger partial charge on any atom is -0.369 e. The van der Waals surface area contributed by atoms with Gasteiger partial charge in [0, 0.05) is 71.5 Å². The first kappa shape index (κ1) is 23.5. The average Bonchev–Trinajstić information content (AvgIpc) is 2.80. The van der Waals surface area contributed by atoms with E-state index >= 15 is 0 Å². The van der Waals surface area contributed by atoms with E-state index in [1.54, 1.807) is 24.1 Å². The number of amides is 3. The molecule has 0 atom stereocenters. The minimum atomic E-state index is -0.256. The number of hydrogen-bond donors (Lipinski definition) is 2. The van der Waals surface area contributed by atoms with Crippen molar-refractivity contribution in [3.05, 3.63) is 66.0 Å². The molecule has 0 saturated carbocycles. The Morgan fingerprint density at radius 2 is 1.59 bits per heavy atom. The van der Waals surface area contributed by atoms with E-state index in [4.69, 9.17) is 0 Å². The highest BCUT2D eigenvalue weighted by atomic mass is 19.1. The van der Waals surface area contributed by atoms with Crippen LogP contribution in [0.2, 0.25) is 0 Å². The Morgan fingerprint density at radius 1 is 0.938 bits per heavy atom.